The average molecular weight is 326 g/mol. The number of carbonyl (C=O) groups is 2. The van der Waals surface area contributed by atoms with Crippen LogP contribution < -0.4 is 16.4 Å². The third-order valence-corrected chi connectivity index (χ3v) is 4.71. The highest BCUT2D eigenvalue weighted by Gasteiger charge is 2.41. The minimum atomic E-state index is -0.109. The summed E-state index contributed by atoms with van der Waals surface area (Å²) in [5.74, 6) is -0.109. The van der Waals surface area contributed by atoms with Gasteiger partial charge in [-0.3, -0.25) is 4.79 Å². The normalized spacial score (nSPS) is 26.4. The summed E-state index contributed by atoms with van der Waals surface area (Å²) in [6.07, 6.45) is 2.83. The molecule has 0 spiro atoms. The third-order valence-electron chi connectivity index (χ3n) is 4.71. The van der Waals surface area contributed by atoms with Crippen molar-refractivity contribution in [3.05, 3.63) is 0 Å². The third kappa shape index (κ3) is 6.01. The van der Waals surface area contributed by atoms with Crippen LogP contribution in [0.1, 0.15) is 53.9 Å². The molecule has 23 heavy (non-hydrogen) atoms. The van der Waals surface area contributed by atoms with E-state index in [2.05, 4.69) is 31.4 Å². The second-order valence-corrected chi connectivity index (χ2v) is 7.86. The van der Waals surface area contributed by atoms with Crippen LogP contribution in [0.3, 0.4) is 0 Å². The highest BCUT2D eigenvalue weighted by Crippen LogP contribution is 2.45. The van der Waals surface area contributed by atoms with Crippen molar-refractivity contribution in [2.45, 2.75) is 59.9 Å². The molecule has 0 aromatic carbocycles. The molecule has 0 aromatic heterocycles. The second kappa shape index (κ2) is 7.99. The molecule has 2 atom stereocenters. The van der Waals surface area contributed by atoms with Gasteiger partial charge in [0.2, 0.25) is 5.91 Å². The van der Waals surface area contributed by atoms with Crippen molar-refractivity contribution < 1.29 is 9.59 Å². The van der Waals surface area contributed by atoms with Crippen LogP contribution in [0.2, 0.25) is 0 Å². The Labute approximate surface area is 140 Å². The smallest absolute Gasteiger partial charge is 0.317 e. The van der Waals surface area contributed by atoms with Crippen LogP contribution in [-0.4, -0.2) is 49.1 Å². The van der Waals surface area contributed by atoms with Crippen LogP contribution in [0.15, 0.2) is 0 Å². The monoisotopic (exact) mass is 326 g/mol. The molecule has 6 nitrogen and oxygen atoms in total. The number of hydrogen-bond donors (Lipinski definition) is 3. The lowest BCUT2D eigenvalue weighted by molar-refractivity contribution is -0.121. The van der Waals surface area contributed by atoms with Gasteiger partial charge in [0.25, 0.3) is 0 Å². The van der Waals surface area contributed by atoms with E-state index in [-0.39, 0.29) is 35.4 Å². The Morgan fingerprint density at radius 1 is 1.17 bits per heavy atom. The van der Waals surface area contributed by atoms with Crippen molar-refractivity contribution in [2.75, 3.05) is 26.2 Å². The fraction of sp³-hybridized carbons (Fsp3) is 0.882. The summed E-state index contributed by atoms with van der Waals surface area (Å²) >= 11 is 0. The highest BCUT2D eigenvalue weighted by atomic mass is 16.2. The molecule has 0 radical (unpaired) electrons. The molecule has 1 aliphatic carbocycles. The Bertz CT molecular complexity index is 421. The van der Waals surface area contributed by atoms with Crippen LogP contribution in [0.25, 0.3) is 0 Å². The summed E-state index contributed by atoms with van der Waals surface area (Å²) in [6.45, 7) is 12.7. The molecule has 1 saturated carbocycles. The quantitative estimate of drug-likeness (QED) is 0.694. The van der Waals surface area contributed by atoms with E-state index in [0.717, 1.165) is 19.3 Å². The van der Waals surface area contributed by atoms with Gasteiger partial charge >= 0.3 is 6.03 Å². The molecule has 1 fully saturated rings. The topological polar surface area (TPSA) is 87.5 Å². The zero-order valence-electron chi connectivity index (χ0n) is 15.4. The van der Waals surface area contributed by atoms with E-state index in [4.69, 9.17) is 5.73 Å². The maximum Gasteiger partial charge on any atom is 0.317 e. The van der Waals surface area contributed by atoms with Crippen molar-refractivity contribution in [1.82, 2.24) is 15.5 Å². The van der Waals surface area contributed by atoms with Gasteiger partial charge in [-0.15, -0.1) is 0 Å². The van der Waals surface area contributed by atoms with Crippen molar-refractivity contribution in [2.24, 2.45) is 16.6 Å². The van der Waals surface area contributed by atoms with E-state index >= 15 is 0 Å². The number of hydrogen-bond acceptors (Lipinski definition) is 3. The first-order valence-corrected chi connectivity index (χ1v) is 8.67. The Balaban J connectivity index is 2.70. The standard InChI is InChI=1S/C17H34N4O2/c1-6-21(7-2)15(23)19-12-17(5)9-13(20-14(22)10-18)8-16(3,4)11-17/h13H,6-12,18H2,1-5H3,(H,19,23)(H,20,22). The van der Waals surface area contributed by atoms with E-state index in [1.807, 2.05) is 13.8 Å². The summed E-state index contributed by atoms with van der Waals surface area (Å²) < 4.78 is 0. The zero-order chi connectivity index (χ0) is 17.7. The van der Waals surface area contributed by atoms with Gasteiger partial charge in [0.1, 0.15) is 0 Å². The van der Waals surface area contributed by atoms with Gasteiger partial charge in [0.15, 0.2) is 0 Å². The molecule has 0 aromatic rings. The van der Waals surface area contributed by atoms with Crippen molar-refractivity contribution in [1.29, 1.82) is 0 Å². The minimum Gasteiger partial charge on any atom is -0.352 e. The molecule has 0 saturated heterocycles. The molecule has 4 N–H and O–H groups in total. The SMILES string of the molecule is CCN(CC)C(=O)NCC1(C)CC(NC(=O)CN)CC(C)(C)C1. The predicted molar refractivity (Wildman–Crippen MR) is 93.0 cm³/mol. The summed E-state index contributed by atoms with van der Waals surface area (Å²) in [5.41, 5.74) is 5.51. The molecule has 134 valence electrons. The maximum atomic E-state index is 12.2. The number of nitrogens with zero attached hydrogens (tertiary/aromatic N) is 1. The van der Waals surface area contributed by atoms with E-state index in [0.29, 0.717) is 19.6 Å². The fourth-order valence-corrected chi connectivity index (χ4v) is 4.07. The minimum absolute atomic E-state index is 0.0119. The molecular weight excluding hydrogens is 292 g/mol. The predicted octanol–water partition coefficient (Wildman–Crippen LogP) is 1.70. The number of nitrogens with two attached hydrogens (primary N) is 1. The average Bonchev–Trinajstić information content (AvgIpc) is 2.44. The number of rotatable bonds is 6. The first-order valence-electron chi connectivity index (χ1n) is 8.67. The molecule has 0 bridgehead atoms. The lowest BCUT2D eigenvalue weighted by atomic mass is 9.62. The van der Waals surface area contributed by atoms with Crippen molar-refractivity contribution >= 4 is 11.9 Å². The largest absolute Gasteiger partial charge is 0.352 e. The molecule has 1 rings (SSSR count). The van der Waals surface area contributed by atoms with Gasteiger partial charge in [-0.2, -0.15) is 0 Å². The summed E-state index contributed by atoms with van der Waals surface area (Å²) in [5, 5.41) is 6.10. The van der Waals surface area contributed by atoms with Crippen LogP contribution in [-0.2, 0) is 4.79 Å². The van der Waals surface area contributed by atoms with E-state index < -0.39 is 0 Å². The van der Waals surface area contributed by atoms with Gasteiger partial charge < -0.3 is 21.3 Å². The van der Waals surface area contributed by atoms with Crippen LogP contribution in [0, 0.1) is 10.8 Å². The van der Waals surface area contributed by atoms with E-state index in [1.54, 1.807) is 4.90 Å². The molecule has 0 aliphatic heterocycles. The molecule has 1 aliphatic rings. The number of nitrogens with one attached hydrogen (secondary N) is 2. The van der Waals surface area contributed by atoms with Crippen molar-refractivity contribution in [3.8, 4) is 0 Å². The lowest BCUT2D eigenvalue weighted by Crippen LogP contribution is -2.52. The van der Waals surface area contributed by atoms with Crippen LogP contribution in [0.5, 0.6) is 0 Å². The Hall–Kier alpha value is -1.30. The van der Waals surface area contributed by atoms with E-state index in [9.17, 15) is 9.59 Å². The first kappa shape index (κ1) is 19.7. The van der Waals surface area contributed by atoms with E-state index in [1.165, 1.54) is 0 Å². The highest BCUT2D eigenvalue weighted by molar-refractivity contribution is 5.78. The zero-order valence-corrected chi connectivity index (χ0v) is 15.4. The number of amides is 3. The van der Waals surface area contributed by atoms with Crippen LogP contribution >= 0.6 is 0 Å². The molecule has 2 unspecified atom stereocenters. The Morgan fingerprint density at radius 3 is 2.30 bits per heavy atom. The molecule has 6 heteroatoms. The van der Waals surface area contributed by atoms with Gasteiger partial charge in [-0.25, -0.2) is 4.79 Å². The van der Waals surface area contributed by atoms with Gasteiger partial charge in [-0.05, 0) is 43.9 Å². The summed E-state index contributed by atoms with van der Waals surface area (Å²) in [6, 6.07) is 0.104. The lowest BCUT2D eigenvalue weighted by Gasteiger charge is -2.47. The van der Waals surface area contributed by atoms with Gasteiger partial charge in [0, 0.05) is 25.7 Å². The Morgan fingerprint density at radius 2 is 1.78 bits per heavy atom. The van der Waals surface area contributed by atoms with Crippen molar-refractivity contribution in [3.63, 3.8) is 0 Å². The molecule has 3 amide bonds. The molecule has 0 heterocycles. The number of carbonyl (C=O) groups excluding carboxylic acids is 2. The van der Waals surface area contributed by atoms with Gasteiger partial charge in [-0.1, -0.05) is 20.8 Å². The van der Waals surface area contributed by atoms with Crippen LogP contribution in [0.4, 0.5) is 4.79 Å². The Kier molecular flexibility index (Phi) is 6.86. The fourth-order valence-electron chi connectivity index (χ4n) is 4.07. The molecular formula is C17H34N4O2. The number of urea groups is 1. The van der Waals surface area contributed by atoms with Gasteiger partial charge in [0.05, 0.1) is 6.54 Å². The second-order valence-electron chi connectivity index (χ2n) is 7.86. The first-order chi connectivity index (χ1) is 10.6. The maximum absolute atomic E-state index is 12.2. The summed E-state index contributed by atoms with van der Waals surface area (Å²) in [7, 11) is 0. The summed E-state index contributed by atoms with van der Waals surface area (Å²) in [4.78, 5) is 25.6.